The molecule has 0 amide bonds. The first kappa shape index (κ1) is 20.8. The molecule has 0 N–H and O–H groups in total. The summed E-state index contributed by atoms with van der Waals surface area (Å²) in [5.74, 6) is 0. The molecule has 0 atom stereocenters. The van der Waals surface area contributed by atoms with Gasteiger partial charge in [0.2, 0.25) is 0 Å². The van der Waals surface area contributed by atoms with Crippen LogP contribution in [0, 0.1) is 0 Å². The Morgan fingerprint density at radius 3 is 2.03 bits per heavy atom. The second kappa shape index (κ2) is 6.92. The molecule has 8 rings (SSSR count). The van der Waals surface area contributed by atoms with E-state index in [9.17, 15) is 0 Å². The van der Waals surface area contributed by atoms with Crippen LogP contribution < -0.4 is 0 Å². The summed E-state index contributed by atoms with van der Waals surface area (Å²) < 4.78 is 0. The van der Waals surface area contributed by atoms with Gasteiger partial charge in [-0.2, -0.15) is 0 Å². The Bertz CT molecular complexity index is 1880. The van der Waals surface area contributed by atoms with Gasteiger partial charge in [-0.25, -0.2) is 0 Å². The van der Waals surface area contributed by atoms with Crippen LogP contribution in [0.25, 0.3) is 43.9 Å². The van der Waals surface area contributed by atoms with Gasteiger partial charge >= 0.3 is 0 Å². The molecular formula is C35H26N2. The Balaban J connectivity index is 1.67. The Hall–Kier alpha value is -4.30. The average Bonchev–Trinajstić information content (AvgIpc) is 3.21. The van der Waals surface area contributed by atoms with Gasteiger partial charge in [-0.3, -0.25) is 9.97 Å². The topological polar surface area (TPSA) is 25.8 Å². The highest BCUT2D eigenvalue weighted by molar-refractivity contribution is 6.07. The Kier molecular flexibility index (Phi) is 3.90. The minimum atomic E-state index is -0.428. The molecule has 2 nitrogen and oxygen atoms in total. The summed E-state index contributed by atoms with van der Waals surface area (Å²) in [6, 6.07) is 31.8. The first-order valence-electron chi connectivity index (χ1n) is 13.0. The van der Waals surface area contributed by atoms with Gasteiger partial charge in [0.25, 0.3) is 0 Å². The minimum absolute atomic E-state index is 0.0144. The van der Waals surface area contributed by atoms with Crippen LogP contribution in [0.4, 0.5) is 0 Å². The van der Waals surface area contributed by atoms with E-state index < -0.39 is 5.41 Å². The largest absolute Gasteiger partial charge is 0.264 e. The second-order valence-corrected chi connectivity index (χ2v) is 11.5. The summed E-state index contributed by atoms with van der Waals surface area (Å²) in [5, 5.41) is 4.87. The van der Waals surface area contributed by atoms with Gasteiger partial charge in [0.15, 0.2) is 0 Å². The molecule has 4 aromatic carbocycles. The monoisotopic (exact) mass is 474 g/mol. The molecule has 176 valence electrons. The highest BCUT2D eigenvalue weighted by Crippen LogP contribution is 2.62. The van der Waals surface area contributed by atoms with Crippen LogP contribution in [0.2, 0.25) is 0 Å². The molecule has 2 heterocycles. The standard InChI is InChI=1S/C35H26N2/c1-34(2,3)24-16-22-13-15-37-33-27-17-21-12-14-36-20-23(21)18-30(27)35(31(19-24)32(22)33)28-10-6-4-8-25(28)26-9-5-7-11-29(26)35/h4-20H,1-3H3. The lowest BCUT2D eigenvalue weighted by Gasteiger charge is -2.40. The molecule has 0 saturated carbocycles. The molecular weight excluding hydrogens is 448 g/mol. The maximum Gasteiger partial charge on any atom is 0.0787 e. The van der Waals surface area contributed by atoms with Crippen molar-refractivity contribution in [3.05, 3.63) is 131 Å². The van der Waals surface area contributed by atoms with Crippen molar-refractivity contribution in [1.29, 1.82) is 0 Å². The SMILES string of the molecule is CC(C)(C)c1cc2c3c(nccc3c1)-c1cc3ccncc3cc1C21c2ccccc2-c2ccccc21. The van der Waals surface area contributed by atoms with E-state index in [-0.39, 0.29) is 5.41 Å². The molecule has 0 radical (unpaired) electrons. The van der Waals surface area contributed by atoms with Gasteiger partial charge in [0.05, 0.1) is 11.1 Å². The Morgan fingerprint density at radius 1 is 0.595 bits per heavy atom. The summed E-state index contributed by atoms with van der Waals surface area (Å²) >= 11 is 0. The van der Waals surface area contributed by atoms with Crippen molar-refractivity contribution in [1.82, 2.24) is 9.97 Å². The van der Waals surface area contributed by atoms with Gasteiger partial charge in [0, 0.05) is 34.9 Å². The average molecular weight is 475 g/mol. The molecule has 6 aromatic rings. The molecule has 2 aliphatic carbocycles. The van der Waals surface area contributed by atoms with E-state index in [1.165, 1.54) is 60.7 Å². The lowest BCUT2D eigenvalue weighted by molar-refractivity contribution is 0.588. The van der Waals surface area contributed by atoms with E-state index in [0.29, 0.717) is 0 Å². The summed E-state index contributed by atoms with van der Waals surface area (Å²) in [4.78, 5) is 9.51. The van der Waals surface area contributed by atoms with Crippen molar-refractivity contribution in [3.8, 4) is 22.4 Å². The first-order chi connectivity index (χ1) is 18.0. The third-order valence-electron chi connectivity index (χ3n) is 8.52. The molecule has 0 saturated heterocycles. The van der Waals surface area contributed by atoms with Gasteiger partial charge in [-0.05, 0) is 79.4 Å². The summed E-state index contributed by atoms with van der Waals surface area (Å²) in [5.41, 5.74) is 11.2. The minimum Gasteiger partial charge on any atom is -0.264 e. The van der Waals surface area contributed by atoms with Crippen molar-refractivity contribution in [2.45, 2.75) is 31.6 Å². The fourth-order valence-corrected chi connectivity index (χ4v) is 6.85. The second-order valence-electron chi connectivity index (χ2n) is 11.5. The lowest BCUT2D eigenvalue weighted by Crippen LogP contribution is -2.32. The summed E-state index contributed by atoms with van der Waals surface area (Å²) in [6.45, 7) is 6.92. The number of rotatable bonds is 0. The van der Waals surface area contributed by atoms with E-state index in [1.54, 1.807) is 0 Å². The molecule has 2 heteroatoms. The zero-order valence-electron chi connectivity index (χ0n) is 21.2. The fraction of sp³-hybridized carbons (Fsp3) is 0.143. The Morgan fingerprint density at radius 2 is 1.30 bits per heavy atom. The number of aromatic nitrogens is 2. The molecule has 2 aliphatic rings. The van der Waals surface area contributed by atoms with E-state index in [0.717, 1.165) is 11.1 Å². The maximum atomic E-state index is 5.03. The van der Waals surface area contributed by atoms with E-state index in [1.807, 2.05) is 18.6 Å². The third-order valence-corrected chi connectivity index (χ3v) is 8.52. The van der Waals surface area contributed by atoms with E-state index in [2.05, 4.69) is 111 Å². The third kappa shape index (κ3) is 2.55. The fourth-order valence-electron chi connectivity index (χ4n) is 6.85. The zero-order valence-corrected chi connectivity index (χ0v) is 21.2. The normalized spacial score (nSPS) is 14.6. The quantitative estimate of drug-likeness (QED) is 0.220. The molecule has 0 bridgehead atoms. The first-order valence-corrected chi connectivity index (χ1v) is 13.0. The number of hydrogen-bond donors (Lipinski definition) is 0. The molecule has 0 fully saturated rings. The number of hydrogen-bond acceptors (Lipinski definition) is 2. The van der Waals surface area contributed by atoms with Crippen LogP contribution in [0.3, 0.4) is 0 Å². The molecule has 0 aliphatic heterocycles. The highest BCUT2D eigenvalue weighted by atomic mass is 14.7. The van der Waals surface area contributed by atoms with E-state index >= 15 is 0 Å². The molecule has 37 heavy (non-hydrogen) atoms. The van der Waals surface area contributed by atoms with Crippen LogP contribution in [0.5, 0.6) is 0 Å². The number of fused-ring (bicyclic) bond motifs is 10. The van der Waals surface area contributed by atoms with Crippen molar-refractivity contribution < 1.29 is 0 Å². The summed E-state index contributed by atoms with van der Waals surface area (Å²) in [6.07, 6.45) is 5.85. The highest BCUT2D eigenvalue weighted by Gasteiger charge is 2.50. The van der Waals surface area contributed by atoms with Crippen LogP contribution >= 0.6 is 0 Å². The predicted molar refractivity (Wildman–Crippen MR) is 152 cm³/mol. The van der Waals surface area contributed by atoms with Crippen LogP contribution in [0.15, 0.2) is 104 Å². The van der Waals surface area contributed by atoms with Gasteiger partial charge in [-0.15, -0.1) is 0 Å². The van der Waals surface area contributed by atoms with Crippen LogP contribution in [-0.4, -0.2) is 9.97 Å². The smallest absolute Gasteiger partial charge is 0.0787 e. The Labute approximate surface area is 216 Å². The van der Waals surface area contributed by atoms with Gasteiger partial charge < -0.3 is 0 Å². The predicted octanol–water partition coefficient (Wildman–Crippen LogP) is 8.42. The summed E-state index contributed by atoms with van der Waals surface area (Å²) in [7, 11) is 0. The zero-order chi connectivity index (χ0) is 24.9. The van der Waals surface area contributed by atoms with Crippen LogP contribution in [0.1, 0.15) is 48.6 Å². The molecule has 0 unspecified atom stereocenters. The molecule has 1 spiro atoms. The number of benzene rings is 4. The van der Waals surface area contributed by atoms with Crippen molar-refractivity contribution >= 4 is 21.5 Å². The number of pyridine rings is 2. The lowest BCUT2D eigenvalue weighted by atomic mass is 9.61. The van der Waals surface area contributed by atoms with Gasteiger partial charge in [-0.1, -0.05) is 81.4 Å². The van der Waals surface area contributed by atoms with Crippen molar-refractivity contribution in [2.75, 3.05) is 0 Å². The van der Waals surface area contributed by atoms with E-state index in [4.69, 9.17) is 4.98 Å². The van der Waals surface area contributed by atoms with Crippen LogP contribution in [-0.2, 0) is 10.8 Å². The number of nitrogens with zero attached hydrogens (tertiary/aromatic N) is 2. The van der Waals surface area contributed by atoms with Crippen molar-refractivity contribution in [2.24, 2.45) is 0 Å². The van der Waals surface area contributed by atoms with Gasteiger partial charge in [0.1, 0.15) is 0 Å². The molecule has 2 aromatic heterocycles. The van der Waals surface area contributed by atoms with Crippen molar-refractivity contribution in [3.63, 3.8) is 0 Å². The maximum absolute atomic E-state index is 5.03.